The Labute approximate surface area is 160 Å². The van der Waals surface area contributed by atoms with Gasteiger partial charge < -0.3 is 9.47 Å². The van der Waals surface area contributed by atoms with Gasteiger partial charge in [-0.1, -0.05) is 50.4 Å². The number of allylic oxidation sites excluding steroid dienone is 6. The van der Waals surface area contributed by atoms with E-state index in [1.54, 1.807) is 32.4 Å². The Kier molecular flexibility index (Phi) is 6.32. The zero-order valence-electron chi connectivity index (χ0n) is 15.7. The number of benzene rings is 1. The van der Waals surface area contributed by atoms with Gasteiger partial charge in [-0.05, 0) is 24.3 Å². The summed E-state index contributed by atoms with van der Waals surface area (Å²) in [4.78, 5) is 13.3. The fourth-order valence-corrected chi connectivity index (χ4v) is 2.87. The zero-order valence-corrected chi connectivity index (χ0v) is 16.5. The van der Waals surface area contributed by atoms with E-state index in [4.69, 9.17) is 21.7 Å². The predicted molar refractivity (Wildman–Crippen MR) is 111 cm³/mol. The fraction of sp³-hybridized carbons (Fsp3) is 0.273. The molecule has 0 fully saturated rings. The Hall–Kier alpha value is -2.46. The topological polar surface area (TPSA) is 35.5 Å². The number of ketones is 1. The van der Waals surface area contributed by atoms with Crippen molar-refractivity contribution in [2.45, 2.75) is 25.7 Å². The van der Waals surface area contributed by atoms with Crippen LogP contribution in [0.25, 0.3) is 6.08 Å². The highest BCUT2D eigenvalue weighted by molar-refractivity contribution is 7.80. The maximum atomic E-state index is 12.5. The molecule has 2 rings (SSSR count). The highest BCUT2D eigenvalue weighted by Gasteiger charge is 2.24. The van der Waals surface area contributed by atoms with Gasteiger partial charge in [0.15, 0.2) is 5.78 Å². The summed E-state index contributed by atoms with van der Waals surface area (Å²) in [6.45, 7) is 8.03. The lowest BCUT2D eigenvalue weighted by atomic mass is 9.83. The van der Waals surface area contributed by atoms with Crippen molar-refractivity contribution in [2.24, 2.45) is 0 Å². The SMILES string of the molecule is C=CC(C)(C)c1ccc(OC)c(C=CC(=O)C2=CCC(=S)C=C2)c1OC. The first-order valence-corrected chi connectivity index (χ1v) is 8.77. The summed E-state index contributed by atoms with van der Waals surface area (Å²) in [5.74, 6) is 1.23. The Morgan fingerprint density at radius 2 is 1.96 bits per heavy atom. The fourth-order valence-electron chi connectivity index (χ4n) is 2.72. The van der Waals surface area contributed by atoms with Crippen molar-refractivity contribution in [1.29, 1.82) is 0 Å². The molecule has 0 bridgehead atoms. The molecule has 26 heavy (non-hydrogen) atoms. The molecule has 0 N–H and O–H groups in total. The van der Waals surface area contributed by atoms with Gasteiger partial charge in [-0.25, -0.2) is 0 Å². The second kappa shape index (κ2) is 8.28. The van der Waals surface area contributed by atoms with Crippen LogP contribution in [0.2, 0.25) is 0 Å². The molecule has 1 aromatic rings. The predicted octanol–water partition coefficient (Wildman–Crippen LogP) is 5.01. The molecule has 0 spiro atoms. The largest absolute Gasteiger partial charge is 0.496 e. The highest BCUT2D eigenvalue weighted by Crippen LogP contribution is 2.40. The van der Waals surface area contributed by atoms with Gasteiger partial charge in [-0.3, -0.25) is 4.79 Å². The normalized spacial score (nSPS) is 14.3. The van der Waals surface area contributed by atoms with Crippen LogP contribution in [-0.2, 0) is 10.2 Å². The van der Waals surface area contributed by atoms with Crippen molar-refractivity contribution in [3.8, 4) is 11.5 Å². The van der Waals surface area contributed by atoms with Crippen molar-refractivity contribution < 1.29 is 14.3 Å². The number of methoxy groups -OCH3 is 2. The van der Waals surface area contributed by atoms with Crippen LogP contribution in [0.1, 0.15) is 31.4 Å². The van der Waals surface area contributed by atoms with Crippen LogP contribution in [0, 0.1) is 0 Å². The summed E-state index contributed by atoms with van der Waals surface area (Å²) in [6.07, 6.45) is 11.2. The van der Waals surface area contributed by atoms with Gasteiger partial charge in [-0.2, -0.15) is 0 Å². The highest BCUT2D eigenvalue weighted by atomic mass is 32.1. The second-order valence-electron chi connectivity index (χ2n) is 6.55. The van der Waals surface area contributed by atoms with E-state index in [0.29, 0.717) is 23.5 Å². The van der Waals surface area contributed by atoms with Gasteiger partial charge in [-0.15, -0.1) is 6.58 Å². The van der Waals surface area contributed by atoms with Crippen LogP contribution in [0.5, 0.6) is 11.5 Å². The second-order valence-corrected chi connectivity index (χ2v) is 7.07. The smallest absolute Gasteiger partial charge is 0.185 e. The average molecular weight is 368 g/mol. The Balaban J connectivity index is 2.46. The quantitative estimate of drug-likeness (QED) is 0.385. The molecule has 1 aromatic carbocycles. The minimum atomic E-state index is -0.283. The molecular formula is C22H24O3S. The van der Waals surface area contributed by atoms with E-state index in [1.807, 2.05) is 24.3 Å². The van der Waals surface area contributed by atoms with E-state index < -0.39 is 0 Å². The molecule has 0 amide bonds. The number of hydrogen-bond acceptors (Lipinski definition) is 4. The molecule has 4 heteroatoms. The van der Waals surface area contributed by atoms with E-state index >= 15 is 0 Å². The maximum Gasteiger partial charge on any atom is 0.185 e. The Morgan fingerprint density at radius 1 is 1.23 bits per heavy atom. The zero-order chi connectivity index (χ0) is 19.3. The monoisotopic (exact) mass is 368 g/mol. The number of thiocarbonyl (C=S) groups is 1. The number of hydrogen-bond donors (Lipinski definition) is 0. The molecule has 0 atom stereocenters. The molecule has 136 valence electrons. The van der Waals surface area contributed by atoms with Crippen molar-refractivity contribution in [3.63, 3.8) is 0 Å². The minimum Gasteiger partial charge on any atom is -0.496 e. The summed E-state index contributed by atoms with van der Waals surface area (Å²) in [6, 6.07) is 3.84. The summed E-state index contributed by atoms with van der Waals surface area (Å²) in [7, 11) is 3.21. The third-order valence-electron chi connectivity index (χ3n) is 4.44. The summed E-state index contributed by atoms with van der Waals surface area (Å²) < 4.78 is 11.1. The first kappa shape index (κ1) is 19.9. The summed E-state index contributed by atoms with van der Waals surface area (Å²) in [5, 5.41) is 0. The lowest BCUT2D eigenvalue weighted by molar-refractivity contribution is -0.111. The van der Waals surface area contributed by atoms with Gasteiger partial charge >= 0.3 is 0 Å². The molecule has 0 unspecified atom stereocenters. The third-order valence-corrected chi connectivity index (χ3v) is 4.75. The molecule has 0 radical (unpaired) electrons. The van der Waals surface area contributed by atoms with Crippen LogP contribution in [0.3, 0.4) is 0 Å². The van der Waals surface area contributed by atoms with Crippen LogP contribution in [0.15, 0.2) is 54.7 Å². The average Bonchev–Trinajstić information content (AvgIpc) is 2.65. The third kappa shape index (κ3) is 4.20. The number of ether oxygens (including phenoxy) is 2. The van der Waals surface area contributed by atoms with E-state index in [0.717, 1.165) is 16.0 Å². The molecule has 0 aromatic heterocycles. The van der Waals surface area contributed by atoms with Crippen molar-refractivity contribution in [1.82, 2.24) is 0 Å². The first-order chi connectivity index (χ1) is 12.3. The molecule has 0 heterocycles. The summed E-state index contributed by atoms with van der Waals surface area (Å²) in [5.41, 5.74) is 2.06. The van der Waals surface area contributed by atoms with Crippen LogP contribution in [-0.4, -0.2) is 24.9 Å². The van der Waals surface area contributed by atoms with Gasteiger partial charge in [0.2, 0.25) is 0 Å². The summed E-state index contributed by atoms with van der Waals surface area (Å²) >= 11 is 5.11. The number of rotatable bonds is 7. The van der Waals surface area contributed by atoms with Gasteiger partial charge in [0.1, 0.15) is 11.5 Å². The molecule has 0 aliphatic heterocycles. The maximum absolute atomic E-state index is 12.5. The molecule has 3 nitrogen and oxygen atoms in total. The molecule has 1 aliphatic rings. The van der Waals surface area contributed by atoms with E-state index in [2.05, 4.69) is 20.4 Å². The number of carbonyl (C=O) groups is 1. The van der Waals surface area contributed by atoms with E-state index in [9.17, 15) is 4.79 Å². The van der Waals surface area contributed by atoms with Gasteiger partial charge in [0, 0.05) is 27.8 Å². The number of carbonyl (C=O) groups excluding carboxylic acids is 1. The first-order valence-electron chi connectivity index (χ1n) is 8.36. The van der Waals surface area contributed by atoms with Crippen molar-refractivity contribution >= 4 is 28.9 Å². The van der Waals surface area contributed by atoms with Crippen LogP contribution in [0.4, 0.5) is 0 Å². The standard InChI is InChI=1S/C22H24O3S/c1-6-22(2,3)18-12-14-20(24-4)17(21(18)25-5)11-13-19(23)15-7-9-16(26)10-8-15/h6-9,11-14H,1,10H2,2-5H3. The molecule has 0 saturated heterocycles. The van der Waals surface area contributed by atoms with Crippen LogP contribution >= 0.6 is 12.2 Å². The molecule has 1 aliphatic carbocycles. The molecule has 0 saturated carbocycles. The molecular weight excluding hydrogens is 344 g/mol. The van der Waals surface area contributed by atoms with Crippen LogP contribution < -0.4 is 9.47 Å². The van der Waals surface area contributed by atoms with Crippen molar-refractivity contribution in [3.05, 3.63) is 65.8 Å². The van der Waals surface area contributed by atoms with E-state index in [-0.39, 0.29) is 11.2 Å². The van der Waals surface area contributed by atoms with Gasteiger partial charge in [0.25, 0.3) is 0 Å². The van der Waals surface area contributed by atoms with Gasteiger partial charge in [0.05, 0.1) is 19.8 Å². The Morgan fingerprint density at radius 3 is 2.50 bits per heavy atom. The van der Waals surface area contributed by atoms with Crippen molar-refractivity contribution in [2.75, 3.05) is 14.2 Å². The Bertz CT molecular complexity index is 826. The van der Waals surface area contributed by atoms with E-state index in [1.165, 1.54) is 6.08 Å². The minimum absolute atomic E-state index is 0.0822. The lowest BCUT2D eigenvalue weighted by Gasteiger charge is -2.25. The lowest BCUT2D eigenvalue weighted by Crippen LogP contribution is -2.15.